The van der Waals surface area contributed by atoms with E-state index in [1.165, 1.54) is 11.3 Å². The van der Waals surface area contributed by atoms with E-state index in [2.05, 4.69) is 16.0 Å². The van der Waals surface area contributed by atoms with Crippen LogP contribution in [0.1, 0.15) is 28.5 Å². The van der Waals surface area contributed by atoms with Gasteiger partial charge in [-0.25, -0.2) is 0 Å². The van der Waals surface area contributed by atoms with Crippen LogP contribution in [0.3, 0.4) is 0 Å². The van der Waals surface area contributed by atoms with E-state index >= 15 is 0 Å². The molecule has 0 fully saturated rings. The lowest BCUT2D eigenvalue weighted by Crippen LogP contribution is -2.49. The summed E-state index contributed by atoms with van der Waals surface area (Å²) < 4.78 is 0.681. The van der Waals surface area contributed by atoms with Crippen molar-refractivity contribution in [3.05, 3.63) is 50.7 Å². The number of aliphatic carboxylic acids is 1. The third-order valence-corrected chi connectivity index (χ3v) is 6.70. The van der Waals surface area contributed by atoms with Gasteiger partial charge < -0.3 is 26.8 Å². The summed E-state index contributed by atoms with van der Waals surface area (Å²) in [5, 5.41) is 18.0. The standard InChI is InChI=1S/C20H21ClN4O4S/c21-16-8-12-15(30-16)7-14(23-12)19(27)24-13-5-9-3-1-2-4-10(9)18(13)25-17(26)6-11(22)20(28)29/h1-4,8,11,13-14,18,23H,5-7,22H2,(H,24,27)(H,25,26)(H,28,29)/t11-,13+,14?,18-/m0/s1. The van der Waals surface area contributed by atoms with Crippen LogP contribution in [0.5, 0.6) is 0 Å². The lowest BCUT2D eigenvalue weighted by molar-refractivity contribution is -0.140. The molecule has 1 unspecified atom stereocenters. The number of thiophene rings is 1. The fraction of sp³-hybridized carbons (Fsp3) is 0.350. The molecule has 2 amide bonds. The first-order valence-corrected chi connectivity index (χ1v) is 10.7. The van der Waals surface area contributed by atoms with Crippen LogP contribution in [-0.2, 0) is 27.2 Å². The first-order valence-electron chi connectivity index (χ1n) is 9.52. The Hall–Kier alpha value is -2.62. The molecular weight excluding hydrogens is 428 g/mol. The normalized spacial score (nSPS) is 22.5. The first kappa shape index (κ1) is 20.6. The summed E-state index contributed by atoms with van der Waals surface area (Å²) in [4.78, 5) is 37.2. The van der Waals surface area contributed by atoms with E-state index in [1.54, 1.807) is 0 Å². The Morgan fingerprint density at radius 3 is 2.77 bits per heavy atom. The smallest absolute Gasteiger partial charge is 0.321 e. The zero-order valence-electron chi connectivity index (χ0n) is 15.9. The van der Waals surface area contributed by atoms with Crippen LogP contribution >= 0.6 is 22.9 Å². The molecule has 0 saturated carbocycles. The fourth-order valence-electron chi connectivity index (χ4n) is 3.96. The predicted octanol–water partition coefficient (Wildman–Crippen LogP) is 1.44. The number of nitrogens with one attached hydrogen (secondary N) is 3. The van der Waals surface area contributed by atoms with Crippen LogP contribution in [0, 0.1) is 0 Å². The predicted molar refractivity (Wildman–Crippen MR) is 114 cm³/mol. The first-order chi connectivity index (χ1) is 14.3. The zero-order chi connectivity index (χ0) is 21.4. The largest absolute Gasteiger partial charge is 0.480 e. The van der Waals surface area contributed by atoms with Gasteiger partial charge in [0.15, 0.2) is 0 Å². The maximum Gasteiger partial charge on any atom is 0.321 e. The maximum atomic E-state index is 12.9. The highest BCUT2D eigenvalue weighted by atomic mass is 35.5. The number of halogens is 1. The number of benzene rings is 1. The number of nitrogens with two attached hydrogens (primary N) is 1. The van der Waals surface area contributed by atoms with Gasteiger partial charge in [0.05, 0.1) is 28.5 Å². The number of rotatable bonds is 6. The molecule has 4 atom stereocenters. The van der Waals surface area contributed by atoms with Gasteiger partial charge in [0, 0.05) is 11.3 Å². The van der Waals surface area contributed by atoms with Crippen molar-refractivity contribution in [1.82, 2.24) is 10.6 Å². The van der Waals surface area contributed by atoms with E-state index in [-0.39, 0.29) is 18.4 Å². The van der Waals surface area contributed by atoms with Crippen LogP contribution in [0.15, 0.2) is 30.3 Å². The second-order valence-corrected chi connectivity index (χ2v) is 9.27. The Kier molecular flexibility index (Phi) is 5.68. The fourth-order valence-corrected chi connectivity index (χ4v) is 5.24. The minimum absolute atomic E-state index is 0.159. The van der Waals surface area contributed by atoms with Crippen molar-refractivity contribution in [2.45, 2.75) is 43.4 Å². The van der Waals surface area contributed by atoms with Gasteiger partial charge in [-0.05, 0) is 23.6 Å². The lowest BCUT2D eigenvalue weighted by atomic mass is 10.1. The number of amides is 2. The Labute approximate surface area is 181 Å². The van der Waals surface area contributed by atoms with Crippen LogP contribution in [0.2, 0.25) is 4.34 Å². The van der Waals surface area contributed by atoms with Gasteiger partial charge in [-0.3, -0.25) is 14.4 Å². The van der Waals surface area contributed by atoms with Gasteiger partial charge in [-0.15, -0.1) is 11.3 Å². The second kappa shape index (κ2) is 8.25. The maximum absolute atomic E-state index is 12.9. The summed E-state index contributed by atoms with van der Waals surface area (Å²) in [5.74, 6) is -1.86. The van der Waals surface area contributed by atoms with Gasteiger partial charge in [0.25, 0.3) is 0 Å². The molecular formula is C20H21ClN4O4S. The lowest BCUT2D eigenvalue weighted by Gasteiger charge is -2.25. The Morgan fingerprint density at radius 1 is 1.27 bits per heavy atom. The number of carbonyl (C=O) groups is 3. The van der Waals surface area contributed by atoms with E-state index in [0.717, 1.165) is 21.7 Å². The Balaban J connectivity index is 1.45. The van der Waals surface area contributed by atoms with Crippen molar-refractivity contribution in [3.63, 3.8) is 0 Å². The average molecular weight is 449 g/mol. The van der Waals surface area contributed by atoms with E-state index < -0.39 is 30.0 Å². The van der Waals surface area contributed by atoms with Gasteiger partial charge in [0.2, 0.25) is 11.8 Å². The molecule has 158 valence electrons. The molecule has 2 heterocycles. The topological polar surface area (TPSA) is 134 Å². The second-order valence-electron chi connectivity index (χ2n) is 7.50. The van der Waals surface area contributed by atoms with E-state index in [9.17, 15) is 14.4 Å². The number of fused-ring (bicyclic) bond motifs is 2. The number of hydrogen-bond acceptors (Lipinski definition) is 6. The van der Waals surface area contributed by atoms with Crippen LogP contribution < -0.4 is 21.7 Å². The molecule has 0 spiro atoms. The van der Waals surface area contributed by atoms with Crippen molar-refractivity contribution in [2.75, 3.05) is 5.32 Å². The molecule has 0 bridgehead atoms. The molecule has 1 aromatic carbocycles. The van der Waals surface area contributed by atoms with E-state index in [0.29, 0.717) is 17.2 Å². The van der Waals surface area contributed by atoms with E-state index in [4.69, 9.17) is 22.4 Å². The van der Waals surface area contributed by atoms with Crippen molar-refractivity contribution >= 4 is 46.4 Å². The number of carbonyl (C=O) groups excluding carboxylic acids is 2. The Bertz CT molecular complexity index is 987. The van der Waals surface area contributed by atoms with Gasteiger partial charge in [-0.2, -0.15) is 0 Å². The van der Waals surface area contributed by atoms with Crippen LogP contribution in [0.25, 0.3) is 0 Å². The minimum atomic E-state index is -1.27. The molecule has 2 aromatic rings. The molecule has 30 heavy (non-hydrogen) atoms. The molecule has 1 aliphatic heterocycles. The number of hydrogen-bond donors (Lipinski definition) is 5. The van der Waals surface area contributed by atoms with Crippen molar-refractivity contribution in [2.24, 2.45) is 5.73 Å². The van der Waals surface area contributed by atoms with E-state index in [1.807, 2.05) is 30.3 Å². The van der Waals surface area contributed by atoms with Crippen LogP contribution in [0.4, 0.5) is 5.69 Å². The summed E-state index contributed by atoms with van der Waals surface area (Å²) in [6.07, 6.45) is 0.792. The third-order valence-electron chi connectivity index (χ3n) is 5.41. The number of anilines is 1. The number of carboxylic acids is 1. The summed E-state index contributed by atoms with van der Waals surface area (Å²) in [7, 11) is 0. The number of carboxylic acid groups (broad SMARTS) is 1. The molecule has 4 rings (SSSR count). The average Bonchev–Trinajstić information content (AvgIpc) is 3.33. The van der Waals surface area contributed by atoms with Gasteiger partial charge in [-0.1, -0.05) is 35.9 Å². The highest BCUT2D eigenvalue weighted by Gasteiger charge is 2.37. The highest BCUT2D eigenvalue weighted by molar-refractivity contribution is 7.16. The molecule has 8 nitrogen and oxygen atoms in total. The quantitative estimate of drug-likeness (QED) is 0.454. The SMILES string of the molecule is N[C@@H](CC(=O)N[C@H]1c2ccccc2C[C@H]1NC(=O)C1Cc2sc(Cl)cc2N1)C(=O)O. The molecule has 6 N–H and O–H groups in total. The van der Waals surface area contributed by atoms with Crippen molar-refractivity contribution in [3.8, 4) is 0 Å². The molecule has 0 radical (unpaired) electrons. The van der Waals surface area contributed by atoms with Crippen molar-refractivity contribution in [1.29, 1.82) is 0 Å². The highest BCUT2D eigenvalue weighted by Crippen LogP contribution is 2.37. The summed E-state index contributed by atoms with van der Waals surface area (Å²) in [6.45, 7) is 0. The van der Waals surface area contributed by atoms with Crippen molar-refractivity contribution < 1.29 is 19.5 Å². The summed E-state index contributed by atoms with van der Waals surface area (Å²) >= 11 is 7.46. The molecule has 1 aromatic heterocycles. The zero-order valence-corrected chi connectivity index (χ0v) is 17.4. The molecule has 1 aliphatic carbocycles. The molecule has 10 heteroatoms. The third kappa shape index (κ3) is 4.14. The van der Waals surface area contributed by atoms with Gasteiger partial charge >= 0.3 is 5.97 Å². The molecule has 0 saturated heterocycles. The minimum Gasteiger partial charge on any atom is -0.480 e. The molecule has 2 aliphatic rings. The Morgan fingerprint density at radius 2 is 2.03 bits per heavy atom. The summed E-state index contributed by atoms with van der Waals surface area (Å²) in [6, 6.07) is 6.97. The van der Waals surface area contributed by atoms with Crippen LogP contribution in [-0.4, -0.2) is 41.0 Å². The monoisotopic (exact) mass is 448 g/mol. The summed E-state index contributed by atoms with van der Waals surface area (Å²) in [5.41, 5.74) is 8.30. The van der Waals surface area contributed by atoms with Gasteiger partial charge in [0.1, 0.15) is 12.1 Å².